The van der Waals surface area contributed by atoms with Crippen LogP contribution in [0.15, 0.2) is 23.7 Å². The molecule has 3 heteroatoms. The summed E-state index contributed by atoms with van der Waals surface area (Å²) in [6, 6.07) is 4.20. The van der Waals surface area contributed by atoms with Crippen molar-refractivity contribution in [1.29, 1.82) is 0 Å². The van der Waals surface area contributed by atoms with Crippen molar-refractivity contribution in [1.82, 2.24) is 4.98 Å². The monoisotopic (exact) mass is 204 g/mol. The van der Waals surface area contributed by atoms with Crippen LogP contribution < -0.4 is 5.73 Å². The number of nitrogens with two attached hydrogens (primary N) is 1. The lowest BCUT2D eigenvalue weighted by atomic mass is 10.1. The number of nitrogens with zero attached hydrogens (tertiary/aromatic N) is 1. The Kier molecular flexibility index (Phi) is 2.25. The summed E-state index contributed by atoms with van der Waals surface area (Å²) < 4.78 is 0. The summed E-state index contributed by atoms with van der Waals surface area (Å²) in [6.07, 6.45) is 1.83. The van der Waals surface area contributed by atoms with E-state index in [1.165, 1.54) is 10.4 Å². The molecule has 0 unspecified atom stereocenters. The van der Waals surface area contributed by atoms with Crippen LogP contribution in [0.25, 0.3) is 10.4 Å². The predicted molar refractivity (Wildman–Crippen MR) is 61.4 cm³/mol. The molecule has 0 atom stereocenters. The molecule has 0 saturated carbocycles. The number of nitrogen functional groups attached to an aromatic ring is 1. The van der Waals surface area contributed by atoms with Gasteiger partial charge >= 0.3 is 0 Å². The van der Waals surface area contributed by atoms with Gasteiger partial charge < -0.3 is 5.73 Å². The number of pyridine rings is 1. The number of anilines is 1. The molecule has 0 spiro atoms. The van der Waals surface area contributed by atoms with Crippen LogP contribution in [-0.4, -0.2) is 4.98 Å². The van der Waals surface area contributed by atoms with E-state index in [9.17, 15) is 0 Å². The lowest BCUT2D eigenvalue weighted by molar-refractivity contribution is 1.28. The van der Waals surface area contributed by atoms with Crippen LogP contribution in [-0.2, 0) is 0 Å². The minimum atomic E-state index is 0.614. The molecular weight excluding hydrogens is 192 g/mol. The molecule has 2 aromatic heterocycles. The molecule has 2 N–H and O–H groups in total. The number of rotatable bonds is 1. The zero-order valence-electron chi connectivity index (χ0n) is 8.24. The molecule has 2 rings (SSSR count). The van der Waals surface area contributed by atoms with Crippen LogP contribution in [0.1, 0.15) is 11.1 Å². The number of aromatic nitrogens is 1. The summed E-state index contributed by atoms with van der Waals surface area (Å²) >= 11 is 1.74. The Morgan fingerprint density at radius 1 is 1.29 bits per heavy atom. The van der Waals surface area contributed by atoms with Crippen LogP contribution in [0.2, 0.25) is 0 Å². The van der Waals surface area contributed by atoms with Crippen molar-refractivity contribution in [2.45, 2.75) is 13.8 Å². The highest BCUT2D eigenvalue weighted by atomic mass is 32.1. The SMILES string of the molecule is Cc1cc(-c2sccc2C)cnc1N. The van der Waals surface area contributed by atoms with Crippen molar-refractivity contribution >= 4 is 17.2 Å². The van der Waals surface area contributed by atoms with Crippen molar-refractivity contribution in [2.75, 3.05) is 5.73 Å². The van der Waals surface area contributed by atoms with Crippen molar-refractivity contribution in [3.8, 4) is 10.4 Å². The highest BCUT2D eigenvalue weighted by molar-refractivity contribution is 7.13. The number of aryl methyl sites for hydroxylation is 2. The molecule has 0 aliphatic carbocycles. The standard InChI is InChI=1S/C11H12N2S/c1-7-3-4-14-10(7)9-5-8(2)11(12)13-6-9/h3-6H,1-2H3,(H2,12,13). The van der Waals surface area contributed by atoms with E-state index in [-0.39, 0.29) is 0 Å². The second-order valence-corrected chi connectivity index (χ2v) is 4.27. The third-order valence-corrected chi connectivity index (χ3v) is 3.31. The average molecular weight is 204 g/mol. The van der Waals surface area contributed by atoms with Gasteiger partial charge in [-0.15, -0.1) is 11.3 Å². The molecule has 0 aliphatic rings. The summed E-state index contributed by atoms with van der Waals surface area (Å²) in [7, 11) is 0. The van der Waals surface area contributed by atoms with Crippen LogP contribution >= 0.6 is 11.3 Å². The second kappa shape index (κ2) is 3.42. The summed E-state index contributed by atoms with van der Waals surface area (Å²) in [5, 5.41) is 2.09. The molecule has 0 fully saturated rings. The van der Waals surface area contributed by atoms with Gasteiger partial charge in [-0.3, -0.25) is 0 Å². The Balaban J connectivity index is 2.53. The van der Waals surface area contributed by atoms with Gasteiger partial charge in [-0.25, -0.2) is 4.98 Å². The fraction of sp³-hybridized carbons (Fsp3) is 0.182. The average Bonchev–Trinajstić information content (AvgIpc) is 2.57. The maximum absolute atomic E-state index is 5.67. The van der Waals surface area contributed by atoms with Crippen LogP contribution in [0.5, 0.6) is 0 Å². The molecule has 72 valence electrons. The van der Waals surface area contributed by atoms with E-state index in [1.807, 2.05) is 13.1 Å². The Morgan fingerprint density at radius 3 is 2.64 bits per heavy atom. The van der Waals surface area contributed by atoms with Gasteiger partial charge in [0.05, 0.1) is 0 Å². The lowest BCUT2D eigenvalue weighted by Gasteiger charge is -2.03. The van der Waals surface area contributed by atoms with Crippen molar-refractivity contribution < 1.29 is 0 Å². The number of hydrogen-bond donors (Lipinski definition) is 1. The number of thiophene rings is 1. The van der Waals surface area contributed by atoms with E-state index < -0.39 is 0 Å². The first-order valence-electron chi connectivity index (χ1n) is 4.45. The van der Waals surface area contributed by atoms with Gasteiger partial charge in [0.25, 0.3) is 0 Å². The molecule has 0 saturated heterocycles. The first-order valence-corrected chi connectivity index (χ1v) is 5.33. The zero-order valence-corrected chi connectivity index (χ0v) is 9.06. The molecule has 2 aromatic rings. The second-order valence-electron chi connectivity index (χ2n) is 3.36. The molecule has 0 aromatic carbocycles. The van der Waals surface area contributed by atoms with E-state index in [0.29, 0.717) is 5.82 Å². The zero-order chi connectivity index (χ0) is 10.1. The van der Waals surface area contributed by atoms with Gasteiger partial charge in [0.1, 0.15) is 5.82 Å². The molecular formula is C11H12N2S. The molecule has 2 nitrogen and oxygen atoms in total. The summed E-state index contributed by atoms with van der Waals surface area (Å²) in [5.74, 6) is 0.614. The number of hydrogen-bond acceptors (Lipinski definition) is 3. The third kappa shape index (κ3) is 1.51. The first-order chi connectivity index (χ1) is 6.68. The third-order valence-electron chi connectivity index (χ3n) is 2.24. The van der Waals surface area contributed by atoms with Gasteiger partial charge in [-0.1, -0.05) is 0 Å². The maximum Gasteiger partial charge on any atom is 0.126 e. The van der Waals surface area contributed by atoms with Gasteiger partial charge in [-0.05, 0) is 42.5 Å². The molecule has 0 radical (unpaired) electrons. The summed E-state index contributed by atoms with van der Waals surface area (Å²) in [6.45, 7) is 4.09. The minimum Gasteiger partial charge on any atom is -0.383 e. The van der Waals surface area contributed by atoms with Gasteiger partial charge in [0.2, 0.25) is 0 Å². The van der Waals surface area contributed by atoms with Crippen molar-refractivity contribution in [2.24, 2.45) is 0 Å². The quantitative estimate of drug-likeness (QED) is 0.775. The fourth-order valence-electron chi connectivity index (χ4n) is 1.38. The lowest BCUT2D eigenvalue weighted by Crippen LogP contribution is -1.93. The van der Waals surface area contributed by atoms with E-state index in [2.05, 4.69) is 29.4 Å². The topological polar surface area (TPSA) is 38.9 Å². The summed E-state index contributed by atoms with van der Waals surface area (Å²) in [5.41, 5.74) is 9.16. The maximum atomic E-state index is 5.67. The van der Waals surface area contributed by atoms with E-state index in [4.69, 9.17) is 5.73 Å². The van der Waals surface area contributed by atoms with Gasteiger partial charge in [0, 0.05) is 16.6 Å². The Bertz CT molecular complexity index is 460. The van der Waals surface area contributed by atoms with E-state index in [0.717, 1.165) is 11.1 Å². The normalized spacial score (nSPS) is 10.4. The van der Waals surface area contributed by atoms with Crippen LogP contribution in [0, 0.1) is 13.8 Å². The minimum absolute atomic E-state index is 0.614. The Hall–Kier alpha value is -1.35. The molecule has 2 heterocycles. The van der Waals surface area contributed by atoms with Crippen LogP contribution in [0.3, 0.4) is 0 Å². The largest absolute Gasteiger partial charge is 0.383 e. The van der Waals surface area contributed by atoms with Gasteiger partial charge in [-0.2, -0.15) is 0 Å². The molecule has 14 heavy (non-hydrogen) atoms. The van der Waals surface area contributed by atoms with E-state index in [1.54, 1.807) is 11.3 Å². The van der Waals surface area contributed by atoms with E-state index >= 15 is 0 Å². The van der Waals surface area contributed by atoms with Crippen molar-refractivity contribution in [3.63, 3.8) is 0 Å². The Labute approximate surface area is 87.4 Å². The highest BCUT2D eigenvalue weighted by Crippen LogP contribution is 2.29. The smallest absolute Gasteiger partial charge is 0.126 e. The highest BCUT2D eigenvalue weighted by Gasteiger charge is 2.04. The summed E-state index contributed by atoms with van der Waals surface area (Å²) in [4.78, 5) is 5.44. The molecule has 0 bridgehead atoms. The molecule has 0 amide bonds. The fourth-order valence-corrected chi connectivity index (χ4v) is 2.29. The first kappa shape index (κ1) is 9.21. The Morgan fingerprint density at radius 2 is 2.07 bits per heavy atom. The van der Waals surface area contributed by atoms with Crippen LogP contribution in [0.4, 0.5) is 5.82 Å². The van der Waals surface area contributed by atoms with Gasteiger partial charge in [0.15, 0.2) is 0 Å². The molecule has 0 aliphatic heterocycles. The van der Waals surface area contributed by atoms with Crippen molar-refractivity contribution in [3.05, 3.63) is 34.8 Å². The predicted octanol–water partition coefficient (Wildman–Crippen LogP) is 3.01.